The first-order valence-corrected chi connectivity index (χ1v) is 8.58. The molecule has 3 rings (SSSR count). The van der Waals surface area contributed by atoms with Gasteiger partial charge in [-0.2, -0.15) is 5.10 Å². The smallest absolute Gasteiger partial charge is 0.266 e. The molecule has 0 bridgehead atoms. The minimum atomic E-state index is 0.0213. The fraction of sp³-hybridized carbons (Fsp3) is 0.562. The highest BCUT2D eigenvalue weighted by atomic mass is 32.1. The van der Waals surface area contributed by atoms with Gasteiger partial charge in [-0.05, 0) is 33.6 Å². The van der Waals surface area contributed by atoms with E-state index in [0.29, 0.717) is 0 Å². The van der Waals surface area contributed by atoms with E-state index in [2.05, 4.69) is 10.1 Å². The molecule has 0 aromatic carbocycles. The zero-order valence-electron chi connectivity index (χ0n) is 14.2. The molecule has 1 aliphatic rings. The highest BCUT2D eigenvalue weighted by molar-refractivity contribution is 7.13. The Balaban J connectivity index is 1.98. The summed E-state index contributed by atoms with van der Waals surface area (Å²) in [6, 6.07) is 0.0213. The van der Waals surface area contributed by atoms with Crippen molar-refractivity contribution in [3.05, 3.63) is 26.8 Å². The molecule has 1 amide bonds. The van der Waals surface area contributed by atoms with E-state index < -0.39 is 0 Å². The molecule has 1 saturated heterocycles. The fourth-order valence-electron chi connectivity index (χ4n) is 3.45. The Morgan fingerprint density at radius 3 is 2.65 bits per heavy atom. The number of likely N-dealkylation sites (tertiary alicyclic amines) is 1. The summed E-state index contributed by atoms with van der Waals surface area (Å²) in [5.74, 6) is 0.810. The van der Waals surface area contributed by atoms with Gasteiger partial charge in [0.05, 0.1) is 35.1 Å². The van der Waals surface area contributed by atoms with E-state index in [9.17, 15) is 4.79 Å². The Bertz CT molecular complexity index is 750. The predicted octanol–water partition coefficient (Wildman–Crippen LogP) is 2.79. The van der Waals surface area contributed by atoms with Crippen molar-refractivity contribution in [3.8, 4) is 5.88 Å². The van der Waals surface area contributed by atoms with Crippen LogP contribution in [0.4, 0.5) is 0 Å². The van der Waals surface area contributed by atoms with Gasteiger partial charge in [-0.3, -0.25) is 4.79 Å². The number of aromatic nitrogens is 3. The van der Waals surface area contributed by atoms with Crippen LogP contribution >= 0.6 is 11.3 Å². The molecule has 23 heavy (non-hydrogen) atoms. The maximum atomic E-state index is 13.0. The monoisotopic (exact) mass is 334 g/mol. The van der Waals surface area contributed by atoms with Gasteiger partial charge in [0, 0.05) is 13.6 Å². The van der Waals surface area contributed by atoms with Crippen LogP contribution in [0.15, 0.2) is 0 Å². The summed E-state index contributed by atoms with van der Waals surface area (Å²) in [5, 5.41) is 5.39. The van der Waals surface area contributed by atoms with Gasteiger partial charge in [-0.25, -0.2) is 9.67 Å². The molecule has 6 nitrogen and oxygen atoms in total. The van der Waals surface area contributed by atoms with Gasteiger partial charge >= 0.3 is 0 Å². The number of amides is 1. The zero-order valence-corrected chi connectivity index (χ0v) is 15.0. The Morgan fingerprint density at radius 2 is 2.04 bits per heavy atom. The van der Waals surface area contributed by atoms with Gasteiger partial charge in [0.1, 0.15) is 4.88 Å². The second-order valence-corrected chi connectivity index (χ2v) is 7.14. The van der Waals surface area contributed by atoms with Crippen molar-refractivity contribution in [1.29, 1.82) is 0 Å². The van der Waals surface area contributed by atoms with Crippen LogP contribution in [-0.2, 0) is 7.05 Å². The summed E-state index contributed by atoms with van der Waals surface area (Å²) >= 11 is 1.47. The lowest BCUT2D eigenvalue weighted by Crippen LogP contribution is -2.30. The van der Waals surface area contributed by atoms with Crippen molar-refractivity contribution in [1.82, 2.24) is 19.7 Å². The van der Waals surface area contributed by atoms with E-state index in [1.165, 1.54) is 11.3 Å². The summed E-state index contributed by atoms with van der Waals surface area (Å²) < 4.78 is 7.27. The number of hydrogen-bond donors (Lipinski definition) is 0. The van der Waals surface area contributed by atoms with E-state index in [0.717, 1.165) is 52.1 Å². The van der Waals surface area contributed by atoms with Crippen molar-refractivity contribution in [2.24, 2.45) is 7.05 Å². The quantitative estimate of drug-likeness (QED) is 0.866. The third-order valence-corrected chi connectivity index (χ3v) is 5.41. The minimum absolute atomic E-state index is 0.0213. The molecule has 1 aliphatic heterocycles. The van der Waals surface area contributed by atoms with E-state index in [4.69, 9.17) is 4.74 Å². The normalized spacial score (nSPS) is 17.8. The van der Waals surface area contributed by atoms with Crippen molar-refractivity contribution in [2.45, 2.75) is 39.7 Å². The van der Waals surface area contributed by atoms with E-state index in [1.54, 1.807) is 11.8 Å². The lowest BCUT2D eigenvalue weighted by molar-refractivity contribution is 0.0737. The van der Waals surface area contributed by atoms with Crippen molar-refractivity contribution >= 4 is 17.2 Å². The molecule has 0 saturated carbocycles. The molecule has 124 valence electrons. The summed E-state index contributed by atoms with van der Waals surface area (Å²) in [6.45, 7) is 6.57. The van der Waals surface area contributed by atoms with Gasteiger partial charge < -0.3 is 9.64 Å². The minimum Gasteiger partial charge on any atom is -0.481 e. The molecule has 0 N–H and O–H groups in total. The largest absolute Gasteiger partial charge is 0.481 e. The van der Waals surface area contributed by atoms with Crippen LogP contribution in [0.3, 0.4) is 0 Å². The first-order valence-electron chi connectivity index (χ1n) is 7.76. The van der Waals surface area contributed by atoms with E-state index >= 15 is 0 Å². The topological polar surface area (TPSA) is 60.2 Å². The van der Waals surface area contributed by atoms with E-state index in [-0.39, 0.29) is 11.9 Å². The molecule has 2 aromatic heterocycles. The highest BCUT2D eigenvalue weighted by Crippen LogP contribution is 2.40. The predicted molar refractivity (Wildman–Crippen MR) is 89.1 cm³/mol. The van der Waals surface area contributed by atoms with Crippen molar-refractivity contribution < 1.29 is 9.53 Å². The average Bonchev–Trinajstić information content (AvgIpc) is 3.15. The summed E-state index contributed by atoms with van der Waals surface area (Å²) in [5.41, 5.74) is 2.77. The molecule has 2 aromatic rings. The Morgan fingerprint density at radius 1 is 1.30 bits per heavy atom. The maximum absolute atomic E-state index is 13.0. The molecule has 0 aliphatic carbocycles. The van der Waals surface area contributed by atoms with Crippen LogP contribution in [0.2, 0.25) is 0 Å². The summed E-state index contributed by atoms with van der Waals surface area (Å²) in [4.78, 5) is 20.1. The molecule has 1 fully saturated rings. The van der Waals surface area contributed by atoms with Gasteiger partial charge in [0.25, 0.3) is 5.91 Å². The van der Waals surface area contributed by atoms with Crippen LogP contribution in [0, 0.1) is 20.8 Å². The Hall–Kier alpha value is -1.89. The lowest BCUT2D eigenvalue weighted by atomic mass is 10.0. The molecular formula is C16H22N4O2S. The van der Waals surface area contributed by atoms with Gasteiger partial charge in [0.2, 0.25) is 5.88 Å². The third kappa shape index (κ3) is 2.63. The molecule has 1 unspecified atom stereocenters. The number of ether oxygens (including phenoxy) is 1. The summed E-state index contributed by atoms with van der Waals surface area (Å²) in [7, 11) is 3.52. The van der Waals surface area contributed by atoms with Crippen molar-refractivity contribution in [2.75, 3.05) is 13.7 Å². The van der Waals surface area contributed by atoms with Crippen LogP contribution in [0.1, 0.15) is 50.5 Å². The molecule has 1 atom stereocenters. The fourth-order valence-corrected chi connectivity index (χ4v) is 4.33. The lowest BCUT2D eigenvalue weighted by Gasteiger charge is -2.25. The number of carbonyl (C=O) groups excluding carboxylic acids is 1. The molecule has 7 heteroatoms. The highest BCUT2D eigenvalue weighted by Gasteiger charge is 2.36. The number of methoxy groups -OCH3 is 1. The second-order valence-electron chi connectivity index (χ2n) is 5.94. The van der Waals surface area contributed by atoms with Gasteiger partial charge in [-0.1, -0.05) is 0 Å². The first kappa shape index (κ1) is 16.0. The Labute approximate surface area is 140 Å². The second kappa shape index (κ2) is 5.96. The average molecular weight is 334 g/mol. The number of hydrogen-bond acceptors (Lipinski definition) is 5. The number of nitrogens with zero attached hydrogens (tertiary/aromatic N) is 4. The number of aryl methyl sites for hydroxylation is 4. The van der Waals surface area contributed by atoms with Crippen LogP contribution in [0.5, 0.6) is 5.88 Å². The number of thiazole rings is 1. The SMILES string of the molecule is COc1c(C2CCCN2C(=O)c2sc(C)nc2C)c(C)nn1C. The summed E-state index contributed by atoms with van der Waals surface area (Å²) in [6.07, 6.45) is 1.93. The zero-order chi connectivity index (χ0) is 16.7. The standard InChI is InChI=1S/C16H22N4O2S/c1-9-13(16(22-5)19(4)18-9)12-7-6-8-20(12)15(21)14-10(2)17-11(3)23-14/h12H,6-8H2,1-5H3. The van der Waals surface area contributed by atoms with Crippen LogP contribution in [-0.4, -0.2) is 39.2 Å². The van der Waals surface area contributed by atoms with Crippen LogP contribution < -0.4 is 4.74 Å². The molecule has 0 radical (unpaired) electrons. The Kier molecular flexibility index (Phi) is 4.14. The van der Waals surface area contributed by atoms with Crippen molar-refractivity contribution in [3.63, 3.8) is 0 Å². The van der Waals surface area contributed by atoms with Crippen LogP contribution in [0.25, 0.3) is 0 Å². The number of carbonyl (C=O) groups is 1. The molecule has 0 spiro atoms. The first-order chi connectivity index (χ1) is 10.9. The van der Waals surface area contributed by atoms with Gasteiger partial charge in [-0.15, -0.1) is 11.3 Å². The number of rotatable bonds is 3. The van der Waals surface area contributed by atoms with E-state index in [1.807, 2.05) is 32.7 Å². The maximum Gasteiger partial charge on any atom is 0.266 e. The molecular weight excluding hydrogens is 312 g/mol. The van der Waals surface area contributed by atoms with Gasteiger partial charge in [0.15, 0.2) is 0 Å². The molecule has 3 heterocycles. The third-order valence-electron chi connectivity index (χ3n) is 4.35.